The average Bonchev–Trinajstić information content (AvgIpc) is 2.82. The fraction of sp³-hybridized carbons (Fsp3) is 0.444. The lowest BCUT2D eigenvalue weighted by Gasteiger charge is -2.33. The summed E-state index contributed by atoms with van der Waals surface area (Å²) in [5, 5.41) is 8.86. The lowest BCUT2D eigenvalue weighted by molar-refractivity contribution is 0.226. The minimum Gasteiger partial charge on any atom is -0.204 e. The first-order valence-corrected chi connectivity index (χ1v) is 8.16. The van der Waals surface area contributed by atoms with Crippen molar-refractivity contribution >= 4 is 11.6 Å². The van der Waals surface area contributed by atoms with Crippen molar-refractivity contribution in [2.24, 2.45) is 5.41 Å². The molecule has 1 aromatic heterocycles. The number of benzene rings is 1. The zero-order chi connectivity index (χ0) is 16.6. The molecule has 0 radical (unpaired) electrons. The van der Waals surface area contributed by atoms with E-state index in [1.807, 2.05) is 6.07 Å². The minimum absolute atomic E-state index is 0.0242. The molecule has 2 aromatic rings. The maximum absolute atomic E-state index is 13.6. The monoisotopic (exact) mass is 334 g/mol. The summed E-state index contributed by atoms with van der Waals surface area (Å²) in [5.74, 6) is -1.47. The Hall–Kier alpha value is -1.55. The minimum atomic E-state index is -0.958. The highest BCUT2D eigenvalue weighted by Gasteiger charge is 2.60. The molecule has 1 fully saturated rings. The lowest BCUT2D eigenvalue weighted by Crippen LogP contribution is -2.32. The summed E-state index contributed by atoms with van der Waals surface area (Å²) in [7, 11) is 0. The van der Waals surface area contributed by atoms with Crippen LogP contribution in [0.3, 0.4) is 0 Å². The molecule has 2 aliphatic carbocycles. The number of hydrogen-bond donors (Lipinski definition) is 0. The van der Waals surface area contributed by atoms with Crippen LogP contribution in [-0.2, 0) is 5.41 Å². The van der Waals surface area contributed by atoms with Gasteiger partial charge in [-0.05, 0) is 47.9 Å². The summed E-state index contributed by atoms with van der Waals surface area (Å²) in [6, 6.07) is 4.03. The first kappa shape index (κ1) is 15.0. The van der Waals surface area contributed by atoms with Crippen LogP contribution >= 0.6 is 11.6 Å². The van der Waals surface area contributed by atoms with E-state index in [4.69, 9.17) is 11.6 Å². The van der Waals surface area contributed by atoms with Gasteiger partial charge in [-0.1, -0.05) is 32.4 Å². The molecule has 0 N–H and O–H groups in total. The second kappa shape index (κ2) is 4.50. The fourth-order valence-corrected chi connectivity index (χ4v) is 4.67. The van der Waals surface area contributed by atoms with Crippen molar-refractivity contribution in [3.8, 4) is 11.3 Å². The topological polar surface area (TPSA) is 25.8 Å². The molecule has 2 aliphatic rings. The van der Waals surface area contributed by atoms with E-state index in [2.05, 4.69) is 31.0 Å². The summed E-state index contributed by atoms with van der Waals surface area (Å²) in [4.78, 5) is 0. The number of nitrogens with zero attached hydrogens (tertiary/aromatic N) is 2. The maximum Gasteiger partial charge on any atom is 0.160 e. The SMILES string of the molecule is CC12CCC(c3cc(-c4cc(F)c(F)cc4Cl)nnc31)C2(C)C. The molecule has 0 aliphatic heterocycles. The third-order valence-electron chi connectivity index (χ3n) is 6.23. The van der Waals surface area contributed by atoms with Crippen LogP contribution < -0.4 is 0 Å². The third-order valence-corrected chi connectivity index (χ3v) is 6.55. The molecular formula is C18H17ClF2N2. The van der Waals surface area contributed by atoms with Crippen LogP contribution in [0.15, 0.2) is 18.2 Å². The lowest BCUT2D eigenvalue weighted by atomic mass is 9.70. The van der Waals surface area contributed by atoms with Crippen LogP contribution in [0.25, 0.3) is 11.3 Å². The van der Waals surface area contributed by atoms with Gasteiger partial charge in [-0.3, -0.25) is 0 Å². The van der Waals surface area contributed by atoms with Crippen LogP contribution in [0.2, 0.25) is 5.02 Å². The van der Waals surface area contributed by atoms with Crippen molar-refractivity contribution in [3.63, 3.8) is 0 Å². The van der Waals surface area contributed by atoms with E-state index in [-0.39, 0.29) is 15.9 Å². The van der Waals surface area contributed by atoms with Crippen molar-refractivity contribution in [1.29, 1.82) is 0 Å². The van der Waals surface area contributed by atoms with Gasteiger partial charge < -0.3 is 0 Å². The standard InChI is InChI=1S/C18H17ClF2N2/c1-17(2)11-4-5-18(17,3)16-9(11)7-15(22-23-16)10-6-13(20)14(21)8-12(10)19/h6-8,11H,4-5H2,1-3H3. The molecule has 0 spiro atoms. The van der Waals surface area contributed by atoms with E-state index in [1.165, 1.54) is 5.56 Å². The van der Waals surface area contributed by atoms with E-state index in [0.717, 1.165) is 30.7 Å². The highest BCUT2D eigenvalue weighted by atomic mass is 35.5. The van der Waals surface area contributed by atoms with Gasteiger partial charge in [0.05, 0.1) is 16.4 Å². The average molecular weight is 335 g/mol. The summed E-state index contributed by atoms with van der Waals surface area (Å²) in [5.41, 5.74) is 3.25. The van der Waals surface area contributed by atoms with Gasteiger partial charge in [0.15, 0.2) is 11.6 Å². The van der Waals surface area contributed by atoms with Crippen LogP contribution in [0, 0.1) is 17.0 Å². The van der Waals surface area contributed by atoms with Gasteiger partial charge in [0.1, 0.15) is 0 Å². The molecule has 1 aromatic carbocycles. The Morgan fingerprint density at radius 2 is 1.78 bits per heavy atom. The quantitative estimate of drug-likeness (QED) is 0.666. The Bertz CT molecular complexity index is 834. The molecule has 23 heavy (non-hydrogen) atoms. The number of fused-ring (bicyclic) bond motifs is 5. The Morgan fingerprint density at radius 1 is 1.09 bits per heavy atom. The molecule has 5 heteroatoms. The predicted molar refractivity (Wildman–Crippen MR) is 85.5 cm³/mol. The normalized spacial score (nSPS) is 27.3. The van der Waals surface area contributed by atoms with E-state index >= 15 is 0 Å². The summed E-state index contributed by atoms with van der Waals surface area (Å²) in [6.45, 7) is 6.80. The summed E-state index contributed by atoms with van der Waals surface area (Å²) in [6.07, 6.45) is 2.23. The highest BCUT2D eigenvalue weighted by Crippen LogP contribution is 2.67. The van der Waals surface area contributed by atoms with Crippen molar-refractivity contribution in [3.05, 3.63) is 46.1 Å². The first-order valence-electron chi connectivity index (χ1n) is 7.79. The van der Waals surface area contributed by atoms with Crippen LogP contribution in [0.1, 0.15) is 50.8 Å². The number of rotatable bonds is 1. The third kappa shape index (κ3) is 1.78. The van der Waals surface area contributed by atoms with Gasteiger partial charge in [0.2, 0.25) is 0 Å². The molecule has 1 heterocycles. The van der Waals surface area contributed by atoms with Gasteiger partial charge >= 0.3 is 0 Å². The highest BCUT2D eigenvalue weighted by molar-refractivity contribution is 6.33. The van der Waals surface area contributed by atoms with Crippen LogP contribution in [0.4, 0.5) is 8.78 Å². The van der Waals surface area contributed by atoms with Crippen molar-refractivity contribution in [2.45, 2.75) is 44.9 Å². The Balaban J connectivity index is 1.88. The van der Waals surface area contributed by atoms with E-state index in [9.17, 15) is 8.78 Å². The van der Waals surface area contributed by atoms with Gasteiger partial charge in [0, 0.05) is 11.0 Å². The van der Waals surface area contributed by atoms with Crippen molar-refractivity contribution in [2.75, 3.05) is 0 Å². The largest absolute Gasteiger partial charge is 0.204 e. The Labute approximate surface area is 138 Å². The predicted octanol–water partition coefficient (Wildman–Crippen LogP) is 5.25. The molecule has 2 unspecified atom stereocenters. The van der Waals surface area contributed by atoms with Crippen LogP contribution in [-0.4, -0.2) is 10.2 Å². The Kier molecular flexibility index (Phi) is 2.94. The summed E-state index contributed by atoms with van der Waals surface area (Å²) < 4.78 is 26.8. The molecule has 0 amide bonds. The van der Waals surface area contributed by atoms with E-state index < -0.39 is 11.6 Å². The molecular weight excluding hydrogens is 318 g/mol. The van der Waals surface area contributed by atoms with Crippen molar-refractivity contribution in [1.82, 2.24) is 10.2 Å². The van der Waals surface area contributed by atoms with Crippen LogP contribution in [0.5, 0.6) is 0 Å². The molecule has 2 nitrogen and oxygen atoms in total. The van der Waals surface area contributed by atoms with E-state index in [0.29, 0.717) is 17.2 Å². The van der Waals surface area contributed by atoms with Gasteiger partial charge in [-0.15, -0.1) is 0 Å². The number of hydrogen-bond acceptors (Lipinski definition) is 2. The van der Waals surface area contributed by atoms with Gasteiger partial charge in [-0.2, -0.15) is 10.2 Å². The molecule has 0 saturated heterocycles. The molecule has 2 atom stereocenters. The number of aromatic nitrogens is 2. The number of halogens is 3. The summed E-state index contributed by atoms with van der Waals surface area (Å²) >= 11 is 6.07. The van der Waals surface area contributed by atoms with Gasteiger partial charge in [-0.25, -0.2) is 8.78 Å². The maximum atomic E-state index is 13.6. The molecule has 2 bridgehead atoms. The zero-order valence-electron chi connectivity index (χ0n) is 13.3. The molecule has 120 valence electrons. The Morgan fingerprint density at radius 3 is 2.52 bits per heavy atom. The van der Waals surface area contributed by atoms with Gasteiger partial charge in [0.25, 0.3) is 0 Å². The zero-order valence-corrected chi connectivity index (χ0v) is 14.0. The fourth-order valence-electron chi connectivity index (χ4n) is 4.42. The smallest absolute Gasteiger partial charge is 0.160 e. The molecule has 4 rings (SSSR count). The van der Waals surface area contributed by atoms with E-state index in [1.54, 1.807) is 0 Å². The second-order valence-electron chi connectivity index (χ2n) is 7.42. The second-order valence-corrected chi connectivity index (χ2v) is 7.83. The first-order chi connectivity index (χ1) is 10.8. The van der Waals surface area contributed by atoms with Crippen molar-refractivity contribution < 1.29 is 8.78 Å². The molecule has 1 saturated carbocycles.